The van der Waals surface area contributed by atoms with E-state index in [4.69, 9.17) is 23.8 Å². The summed E-state index contributed by atoms with van der Waals surface area (Å²) >= 11 is 14.8. The summed E-state index contributed by atoms with van der Waals surface area (Å²) in [6.07, 6.45) is 0. The first-order valence-corrected chi connectivity index (χ1v) is 7.22. The zero-order valence-corrected chi connectivity index (χ0v) is 13.4. The Morgan fingerprint density at radius 1 is 1.16 bits per heavy atom. The Hall–Kier alpha value is -1.10. The molecular weight excluding hydrogens is 344 g/mol. The van der Waals surface area contributed by atoms with Crippen molar-refractivity contribution in [2.24, 2.45) is 0 Å². The molecule has 0 aliphatic rings. The molecule has 0 saturated heterocycles. The quantitative estimate of drug-likeness (QED) is 0.722. The second-order valence-corrected chi connectivity index (χ2v) is 5.80. The minimum absolute atomic E-state index is 0.504. The van der Waals surface area contributed by atoms with E-state index in [-0.39, 0.29) is 0 Å². The van der Waals surface area contributed by atoms with Gasteiger partial charge in [0.25, 0.3) is 0 Å². The summed E-state index contributed by atoms with van der Waals surface area (Å²) in [5.74, 6) is 0. The molecule has 2 N–H and O–H groups in total. The number of aryl methyl sites for hydroxylation is 1. The summed E-state index contributed by atoms with van der Waals surface area (Å²) in [5.41, 5.74) is 2.82. The minimum Gasteiger partial charge on any atom is -0.332 e. The van der Waals surface area contributed by atoms with Gasteiger partial charge in [-0.3, -0.25) is 0 Å². The highest BCUT2D eigenvalue weighted by atomic mass is 79.9. The van der Waals surface area contributed by atoms with Crippen molar-refractivity contribution >= 4 is 56.2 Å². The van der Waals surface area contributed by atoms with Gasteiger partial charge < -0.3 is 10.6 Å². The van der Waals surface area contributed by atoms with Crippen molar-refractivity contribution < 1.29 is 0 Å². The molecule has 0 aliphatic heterocycles. The predicted molar refractivity (Wildman–Crippen MR) is 90.2 cm³/mol. The highest BCUT2D eigenvalue weighted by molar-refractivity contribution is 9.10. The Labute approximate surface area is 131 Å². The van der Waals surface area contributed by atoms with Gasteiger partial charge in [0.15, 0.2) is 5.11 Å². The SMILES string of the molecule is Cc1ccc(NC(=S)Nc2cccc(Br)c2)c(Cl)c1. The molecule has 0 fully saturated rings. The van der Waals surface area contributed by atoms with Gasteiger partial charge in [-0.15, -0.1) is 0 Å². The maximum atomic E-state index is 6.14. The average Bonchev–Trinajstić information content (AvgIpc) is 2.33. The topological polar surface area (TPSA) is 24.1 Å². The van der Waals surface area contributed by atoms with E-state index in [9.17, 15) is 0 Å². The summed E-state index contributed by atoms with van der Waals surface area (Å²) in [6.45, 7) is 1.99. The van der Waals surface area contributed by atoms with Crippen LogP contribution in [0.1, 0.15) is 5.56 Å². The summed E-state index contributed by atoms with van der Waals surface area (Å²) in [5, 5.41) is 7.34. The summed E-state index contributed by atoms with van der Waals surface area (Å²) < 4.78 is 0.994. The van der Waals surface area contributed by atoms with E-state index in [1.807, 2.05) is 49.4 Å². The summed E-state index contributed by atoms with van der Waals surface area (Å²) in [7, 11) is 0. The molecule has 0 spiro atoms. The maximum absolute atomic E-state index is 6.14. The van der Waals surface area contributed by atoms with E-state index < -0.39 is 0 Å². The highest BCUT2D eigenvalue weighted by Crippen LogP contribution is 2.23. The maximum Gasteiger partial charge on any atom is 0.175 e. The first-order chi connectivity index (χ1) is 9.04. The van der Waals surface area contributed by atoms with Gasteiger partial charge in [0, 0.05) is 10.2 Å². The third kappa shape index (κ3) is 4.20. The van der Waals surface area contributed by atoms with E-state index >= 15 is 0 Å². The smallest absolute Gasteiger partial charge is 0.175 e. The van der Waals surface area contributed by atoms with Crippen molar-refractivity contribution in [3.63, 3.8) is 0 Å². The molecule has 0 unspecified atom stereocenters. The van der Waals surface area contributed by atoms with Crippen molar-refractivity contribution in [1.29, 1.82) is 0 Å². The van der Waals surface area contributed by atoms with E-state index in [1.165, 1.54) is 0 Å². The molecule has 98 valence electrons. The lowest BCUT2D eigenvalue weighted by molar-refractivity contribution is 1.47. The van der Waals surface area contributed by atoms with Gasteiger partial charge in [-0.25, -0.2) is 0 Å². The molecule has 5 heteroatoms. The Morgan fingerprint density at radius 3 is 2.63 bits per heavy atom. The van der Waals surface area contributed by atoms with Gasteiger partial charge in [-0.1, -0.05) is 39.7 Å². The van der Waals surface area contributed by atoms with Crippen LogP contribution in [0, 0.1) is 6.92 Å². The number of thiocarbonyl (C=S) groups is 1. The fraction of sp³-hybridized carbons (Fsp3) is 0.0714. The number of halogens is 2. The highest BCUT2D eigenvalue weighted by Gasteiger charge is 2.03. The predicted octanol–water partition coefficient (Wildman–Crippen LogP) is 5.22. The van der Waals surface area contributed by atoms with Crippen LogP contribution in [-0.4, -0.2) is 5.11 Å². The summed E-state index contributed by atoms with van der Waals surface area (Å²) in [4.78, 5) is 0. The van der Waals surface area contributed by atoms with Gasteiger partial charge in [0.2, 0.25) is 0 Å². The largest absolute Gasteiger partial charge is 0.332 e. The molecule has 0 atom stereocenters. The van der Waals surface area contributed by atoms with Gasteiger partial charge in [-0.05, 0) is 55.0 Å². The minimum atomic E-state index is 0.504. The lowest BCUT2D eigenvalue weighted by Gasteiger charge is -2.12. The van der Waals surface area contributed by atoms with Crippen LogP contribution in [-0.2, 0) is 0 Å². The second kappa shape index (κ2) is 6.37. The molecule has 0 radical (unpaired) electrons. The molecule has 0 bridgehead atoms. The summed E-state index contributed by atoms with van der Waals surface area (Å²) in [6, 6.07) is 13.6. The molecular formula is C14H12BrClN2S. The zero-order chi connectivity index (χ0) is 13.8. The third-order valence-corrected chi connectivity index (χ3v) is 3.47. The van der Waals surface area contributed by atoms with Gasteiger partial charge in [0.05, 0.1) is 10.7 Å². The van der Waals surface area contributed by atoms with Gasteiger partial charge in [-0.2, -0.15) is 0 Å². The van der Waals surface area contributed by atoms with Crippen LogP contribution < -0.4 is 10.6 Å². The van der Waals surface area contributed by atoms with E-state index in [2.05, 4.69) is 26.6 Å². The van der Waals surface area contributed by atoms with Crippen molar-refractivity contribution in [1.82, 2.24) is 0 Å². The Morgan fingerprint density at radius 2 is 1.95 bits per heavy atom. The number of hydrogen-bond donors (Lipinski definition) is 2. The lowest BCUT2D eigenvalue weighted by atomic mass is 10.2. The molecule has 0 heterocycles. The lowest BCUT2D eigenvalue weighted by Crippen LogP contribution is -2.19. The molecule has 0 saturated carbocycles. The number of benzene rings is 2. The van der Waals surface area contributed by atoms with Crippen molar-refractivity contribution in [2.75, 3.05) is 10.6 Å². The molecule has 2 aromatic rings. The molecule has 2 aromatic carbocycles. The van der Waals surface area contributed by atoms with Crippen LogP contribution >= 0.6 is 39.7 Å². The van der Waals surface area contributed by atoms with E-state index in [0.29, 0.717) is 10.1 Å². The molecule has 0 aliphatic carbocycles. The normalized spacial score (nSPS) is 10.1. The van der Waals surface area contributed by atoms with Crippen LogP contribution in [0.25, 0.3) is 0 Å². The first kappa shape index (κ1) is 14.3. The van der Waals surface area contributed by atoms with Crippen LogP contribution in [0.4, 0.5) is 11.4 Å². The number of anilines is 2. The number of nitrogens with one attached hydrogen (secondary N) is 2. The van der Waals surface area contributed by atoms with Crippen LogP contribution in [0.5, 0.6) is 0 Å². The standard InChI is InChI=1S/C14H12BrClN2S/c1-9-5-6-13(12(16)7-9)18-14(19)17-11-4-2-3-10(15)8-11/h2-8H,1H3,(H2,17,18,19). The Kier molecular flexibility index (Phi) is 4.80. The fourth-order valence-electron chi connectivity index (χ4n) is 1.57. The Bertz CT molecular complexity index is 616. The second-order valence-electron chi connectivity index (χ2n) is 4.07. The van der Waals surface area contributed by atoms with Crippen molar-refractivity contribution in [3.8, 4) is 0 Å². The van der Waals surface area contributed by atoms with E-state index in [0.717, 1.165) is 21.4 Å². The zero-order valence-electron chi connectivity index (χ0n) is 10.2. The van der Waals surface area contributed by atoms with Crippen molar-refractivity contribution in [2.45, 2.75) is 6.92 Å². The number of rotatable bonds is 2. The Balaban J connectivity index is 2.05. The van der Waals surface area contributed by atoms with Gasteiger partial charge >= 0.3 is 0 Å². The molecule has 2 rings (SSSR count). The monoisotopic (exact) mass is 354 g/mol. The molecule has 2 nitrogen and oxygen atoms in total. The average molecular weight is 356 g/mol. The van der Waals surface area contributed by atoms with Crippen LogP contribution in [0.3, 0.4) is 0 Å². The third-order valence-electron chi connectivity index (χ3n) is 2.46. The molecule has 0 aromatic heterocycles. The van der Waals surface area contributed by atoms with Crippen LogP contribution in [0.15, 0.2) is 46.9 Å². The van der Waals surface area contributed by atoms with Gasteiger partial charge in [0.1, 0.15) is 0 Å². The number of hydrogen-bond acceptors (Lipinski definition) is 1. The fourth-order valence-corrected chi connectivity index (χ4v) is 2.48. The molecule has 19 heavy (non-hydrogen) atoms. The van der Waals surface area contributed by atoms with Crippen LogP contribution in [0.2, 0.25) is 5.02 Å². The molecule has 0 amide bonds. The van der Waals surface area contributed by atoms with Crippen molar-refractivity contribution in [3.05, 3.63) is 57.5 Å². The first-order valence-electron chi connectivity index (χ1n) is 5.64. The van der Waals surface area contributed by atoms with E-state index in [1.54, 1.807) is 0 Å².